The zero-order valence-corrected chi connectivity index (χ0v) is 8.62. The fraction of sp³-hybridized carbons (Fsp3) is 0.750. The summed E-state index contributed by atoms with van der Waals surface area (Å²) in [7, 11) is 0. The number of hydrogen-bond acceptors (Lipinski definition) is 1. The number of amides is 1. The lowest BCUT2D eigenvalue weighted by molar-refractivity contribution is -0.123. The highest BCUT2D eigenvalue weighted by Gasteiger charge is 2.56. The predicted octanol–water partition coefficient (Wildman–Crippen LogP) is 1.56. The van der Waals surface area contributed by atoms with Crippen LogP contribution in [0.2, 0.25) is 0 Å². The van der Waals surface area contributed by atoms with Crippen LogP contribution in [-0.2, 0) is 4.79 Å². The van der Waals surface area contributed by atoms with Gasteiger partial charge < -0.3 is 5.32 Å². The van der Waals surface area contributed by atoms with Crippen molar-refractivity contribution in [1.29, 1.82) is 0 Å². The Morgan fingerprint density at radius 3 is 2.79 bits per heavy atom. The number of carbonyl (C=O) groups is 1. The van der Waals surface area contributed by atoms with Gasteiger partial charge in [0, 0.05) is 18.4 Å². The Morgan fingerprint density at radius 2 is 2.21 bits per heavy atom. The zero-order valence-electron chi connectivity index (χ0n) is 8.62. The first-order valence-electron chi connectivity index (χ1n) is 5.48. The van der Waals surface area contributed by atoms with E-state index in [2.05, 4.69) is 11.2 Å². The molecule has 2 fully saturated rings. The van der Waals surface area contributed by atoms with Crippen LogP contribution in [0.1, 0.15) is 32.6 Å². The molecule has 2 nitrogen and oxygen atoms in total. The van der Waals surface area contributed by atoms with Crippen molar-refractivity contribution < 1.29 is 4.79 Å². The van der Waals surface area contributed by atoms with Crippen LogP contribution in [-0.4, -0.2) is 11.9 Å². The first-order chi connectivity index (χ1) is 6.74. The Balaban J connectivity index is 1.78. The van der Waals surface area contributed by atoms with Gasteiger partial charge in [-0.05, 0) is 31.6 Å². The minimum Gasteiger partial charge on any atom is -0.352 e. The average Bonchev–Trinajstić information content (AvgIpc) is 2.61. The van der Waals surface area contributed by atoms with Gasteiger partial charge in [0.05, 0.1) is 0 Å². The van der Waals surface area contributed by atoms with E-state index in [4.69, 9.17) is 6.42 Å². The molecule has 2 aliphatic carbocycles. The van der Waals surface area contributed by atoms with E-state index in [-0.39, 0.29) is 11.9 Å². The summed E-state index contributed by atoms with van der Waals surface area (Å²) < 4.78 is 0. The Morgan fingerprint density at radius 1 is 1.57 bits per heavy atom. The molecule has 0 heterocycles. The highest BCUT2D eigenvalue weighted by Crippen LogP contribution is 2.57. The summed E-state index contributed by atoms with van der Waals surface area (Å²) in [6.07, 6.45) is 9.65. The van der Waals surface area contributed by atoms with Crippen molar-refractivity contribution in [3.8, 4) is 12.3 Å². The minimum absolute atomic E-state index is 0.133. The standard InChI is InChI=1S/C12H17NO/c1-3-5-8(2)13-12(14)11-9-6-4-7-10(9)11/h1,8-11H,4-7H2,2H3,(H,13,14). The van der Waals surface area contributed by atoms with Gasteiger partial charge in [-0.15, -0.1) is 12.3 Å². The van der Waals surface area contributed by atoms with Gasteiger partial charge in [-0.1, -0.05) is 6.42 Å². The van der Waals surface area contributed by atoms with Crippen LogP contribution in [0, 0.1) is 30.1 Å². The maximum absolute atomic E-state index is 11.7. The van der Waals surface area contributed by atoms with Gasteiger partial charge in [0.2, 0.25) is 5.91 Å². The molecule has 2 saturated carbocycles. The molecule has 14 heavy (non-hydrogen) atoms. The average molecular weight is 191 g/mol. The maximum Gasteiger partial charge on any atom is 0.223 e. The van der Waals surface area contributed by atoms with Crippen LogP contribution >= 0.6 is 0 Å². The molecule has 0 aliphatic heterocycles. The normalized spacial score (nSPS) is 35.6. The molecule has 76 valence electrons. The summed E-state index contributed by atoms with van der Waals surface area (Å²) >= 11 is 0. The first-order valence-corrected chi connectivity index (χ1v) is 5.48. The van der Waals surface area contributed by atoms with Crippen LogP contribution < -0.4 is 5.32 Å². The van der Waals surface area contributed by atoms with Crippen molar-refractivity contribution in [2.75, 3.05) is 0 Å². The summed E-state index contributed by atoms with van der Waals surface area (Å²) in [4.78, 5) is 11.7. The molecule has 0 saturated heterocycles. The molecule has 0 bridgehead atoms. The second kappa shape index (κ2) is 3.65. The molecule has 2 heteroatoms. The van der Waals surface area contributed by atoms with Crippen LogP contribution in [0.3, 0.4) is 0 Å². The molecule has 0 aromatic carbocycles. The Bertz CT molecular complexity index is 269. The van der Waals surface area contributed by atoms with E-state index in [0.29, 0.717) is 24.2 Å². The quantitative estimate of drug-likeness (QED) is 0.674. The minimum atomic E-state index is 0.133. The summed E-state index contributed by atoms with van der Waals surface area (Å²) in [5, 5.41) is 2.99. The lowest BCUT2D eigenvalue weighted by Gasteiger charge is -2.11. The molecule has 0 radical (unpaired) electrons. The number of rotatable bonds is 3. The lowest BCUT2D eigenvalue weighted by Crippen LogP contribution is -2.34. The largest absolute Gasteiger partial charge is 0.352 e. The second-order valence-corrected chi connectivity index (χ2v) is 4.60. The molecule has 2 rings (SSSR count). The molecule has 2 aliphatic rings. The van der Waals surface area contributed by atoms with Crippen LogP contribution in [0.25, 0.3) is 0 Å². The van der Waals surface area contributed by atoms with Gasteiger partial charge in [0.25, 0.3) is 0 Å². The Labute approximate surface area is 85.5 Å². The van der Waals surface area contributed by atoms with Crippen LogP contribution in [0.4, 0.5) is 0 Å². The van der Waals surface area contributed by atoms with E-state index < -0.39 is 0 Å². The smallest absolute Gasteiger partial charge is 0.223 e. The van der Waals surface area contributed by atoms with Gasteiger partial charge in [-0.25, -0.2) is 0 Å². The first kappa shape index (κ1) is 9.58. The molecule has 3 unspecified atom stereocenters. The number of nitrogens with one attached hydrogen (secondary N) is 1. The summed E-state index contributed by atoms with van der Waals surface area (Å²) in [5.74, 6) is 4.53. The van der Waals surface area contributed by atoms with E-state index >= 15 is 0 Å². The third-order valence-electron chi connectivity index (χ3n) is 3.52. The third kappa shape index (κ3) is 1.64. The predicted molar refractivity (Wildman–Crippen MR) is 55.4 cm³/mol. The van der Waals surface area contributed by atoms with Crippen molar-refractivity contribution in [1.82, 2.24) is 5.32 Å². The Kier molecular flexibility index (Phi) is 2.50. The number of terminal acetylenes is 1. The SMILES string of the molecule is C#CCC(C)NC(=O)C1C2CCCC21. The Hall–Kier alpha value is -0.970. The molecule has 1 amide bonds. The van der Waals surface area contributed by atoms with Gasteiger partial charge in [0.15, 0.2) is 0 Å². The third-order valence-corrected chi connectivity index (χ3v) is 3.52. The molecule has 3 atom stereocenters. The number of carbonyl (C=O) groups excluding carboxylic acids is 1. The van der Waals surface area contributed by atoms with E-state index in [1.165, 1.54) is 19.3 Å². The molecular weight excluding hydrogens is 174 g/mol. The van der Waals surface area contributed by atoms with Crippen molar-refractivity contribution in [3.05, 3.63) is 0 Å². The van der Waals surface area contributed by atoms with Crippen molar-refractivity contribution in [2.24, 2.45) is 17.8 Å². The summed E-state index contributed by atoms with van der Waals surface area (Å²) in [5.41, 5.74) is 0. The fourth-order valence-corrected chi connectivity index (χ4v) is 2.78. The highest BCUT2D eigenvalue weighted by molar-refractivity contribution is 5.82. The monoisotopic (exact) mass is 191 g/mol. The summed E-state index contributed by atoms with van der Waals surface area (Å²) in [6.45, 7) is 1.97. The van der Waals surface area contributed by atoms with Gasteiger partial charge in [0.1, 0.15) is 0 Å². The fourth-order valence-electron chi connectivity index (χ4n) is 2.78. The lowest BCUT2D eigenvalue weighted by atomic mass is 10.1. The molecule has 0 spiro atoms. The highest BCUT2D eigenvalue weighted by atomic mass is 16.2. The van der Waals surface area contributed by atoms with Crippen molar-refractivity contribution in [2.45, 2.75) is 38.6 Å². The molecule has 0 aromatic rings. The van der Waals surface area contributed by atoms with E-state index in [0.717, 1.165) is 0 Å². The van der Waals surface area contributed by atoms with Gasteiger partial charge in [-0.2, -0.15) is 0 Å². The maximum atomic E-state index is 11.7. The van der Waals surface area contributed by atoms with Crippen LogP contribution in [0.5, 0.6) is 0 Å². The van der Waals surface area contributed by atoms with Gasteiger partial charge >= 0.3 is 0 Å². The molecule has 0 aromatic heterocycles. The van der Waals surface area contributed by atoms with E-state index in [9.17, 15) is 4.79 Å². The molecular formula is C12H17NO. The van der Waals surface area contributed by atoms with Crippen molar-refractivity contribution in [3.63, 3.8) is 0 Å². The number of hydrogen-bond donors (Lipinski definition) is 1. The van der Waals surface area contributed by atoms with Gasteiger partial charge in [-0.3, -0.25) is 4.79 Å². The summed E-state index contributed by atoms with van der Waals surface area (Å²) in [6, 6.07) is 0.133. The van der Waals surface area contributed by atoms with E-state index in [1.54, 1.807) is 0 Å². The van der Waals surface area contributed by atoms with Crippen LogP contribution in [0.15, 0.2) is 0 Å². The topological polar surface area (TPSA) is 29.1 Å². The van der Waals surface area contributed by atoms with Crippen molar-refractivity contribution >= 4 is 5.91 Å². The van der Waals surface area contributed by atoms with E-state index in [1.807, 2.05) is 6.92 Å². The number of fused-ring (bicyclic) bond motifs is 1. The molecule has 1 N–H and O–H groups in total. The zero-order chi connectivity index (χ0) is 10.1. The second-order valence-electron chi connectivity index (χ2n) is 4.60.